The number of hydrogen-bond donors (Lipinski definition) is 2. The Kier molecular flexibility index (Phi) is 4.77. The molecule has 0 aliphatic carbocycles. The van der Waals surface area contributed by atoms with E-state index in [4.69, 9.17) is 15.0 Å². The van der Waals surface area contributed by atoms with Gasteiger partial charge in [-0.3, -0.25) is 0 Å². The molecule has 0 spiro atoms. The Hall–Kier alpha value is -1.21. The summed E-state index contributed by atoms with van der Waals surface area (Å²) in [7, 11) is -0.604. The highest BCUT2D eigenvalue weighted by atomic mass is 19.1. The van der Waals surface area contributed by atoms with Gasteiger partial charge in [0.2, 0.25) is 0 Å². The van der Waals surface area contributed by atoms with Crippen LogP contribution in [0.1, 0.15) is 38.8 Å². The van der Waals surface area contributed by atoms with Gasteiger partial charge in [-0.2, -0.15) is 0 Å². The van der Waals surface area contributed by atoms with Gasteiger partial charge >= 0.3 is 7.12 Å². The maximum absolute atomic E-state index is 13.9. The number of aliphatic hydroxyl groups excluding tert-OH is 1. The minimum absolute atomic E-state index is 0.143. The highest BCUT2D eigenvalue weighted by molar-refractivity contribution is 6.55. The third kappa shape index (κ3) is 3.25. The molecule has 1 aromatic rings. The largest absolute Gasteiger partial charge is 0.491 e. The lowest BCUT2D eigenvalue weighted by molar-refractivity contribution is 0.00578. The quantitative estimate of drug-likeness (QED) is 0.838. The van der Waals surface area contributed by atoms with Gasteiger partial charge in [0.05, 0.1) is 17.8 Å². The van der Waals surface area contributed by atoms with Gasteiger partial charge in [0.1, 0.15) is 5.82 Å². The average Bonchev–Trinajstić information content (AvgIpc) is 2.66. The first-order chi connectivity index (χ1) is 10.2. The molecule has 2 rings (SSSR count). The van der Waals surface area contributed by atoms with Crippen LogP contribution in [-0.4, -0.2) is 30.0 Å². The fourth-order valence-corrected chi connectivity index (χ4v) is 2.22. The monoisotopic (exact) mass is 307 g/mol. The van der Waals surface area contributed by atoms with E-state index in [1.807, 2.05) is 27.7 Å². The summed E-state index contributed by atoms with van der Waals surface area (Å²) in [4.78, 5) is 0. The van der Waals surface area contributed by atoms with Crippen molar-refractivity contribution in [2.75, 3.05) is 6.54 Å². The normalized spacial score (nSPS) is 20.5. The number of hydrogen-bond acceptors (Lipinski definition) is 4. The van der Waals surface area contributed by atoms with Gasteiger partial charge in [0, 0.05) is 12.1 Å². The summed E-state index contributed by atoms with van der Waals surface area (Å²) in [6, 6.07) is 4.47. The molecule has 0 atom stereocenters. The van der Waals surface area contributed by atoms with Gasteiger partial charge < -0.3 is 20.1 Å². The predicted octanol–water partition coefficient (Wildman–Crippen LogP) is 2.29. The van der Waals surface area contributed by atoms with Crippen LogP contribution in [0, 0.1) is 5.82 Å². The van der Waals surface area contributed by atoms with Gasteiger partial charge in [-0.25, -0.2) is 4.39 Å². The Morgan fingerprint density at radius 1 is 1.27 bits per heavy atom. The van der Waals surface area contributed by atoms with Gasteiger partial charge in [-0.05, 0) is 50.9 Å². The zero-order valence-corrected chi connectivity index (χ0v) is 13.5. The Morgan fingerprint density at radius 2 is 1.86 bits per heavy atom. The minimum Gasteiger partial charge on any atom is -0.400 e. The highest BCUT2D eigenvalue weighted by Crippen LogP contribution is 2.38. The fraction of sp³-hybridized carbons (Fsp3) is 0.500. The van der Waals surface area contributed by atoms with Crippen molar-refractivity contribution in [3.8, 4) is 0 Å². The third-order valence-electron chi connectivity index (χ3n) is 4.38. The van der Waals surface area contributed by atoms with E-state index < -0.39 is 18.3 Å². The summed E-state index contributed by atoms with van der Waals surface area (Å²) in [6.07, 6.45) is 1.64. The molecule has 0 unspecified atom stereocenters. The number of rotatable bonds is 4. The summed E-state index contributed by atoms with van der Waals surface area (Å²) in [5.41, 5.74) is 6.51. The Bertz CT molecular complexity index is 571. The second-order valence-electron chi connectivity index (χ2n) is 6.53. The lowest BCUT2D eigenvalue weighted by Gasteiger charge is -2.32. The summed E-state index contributed by atoms with van der Waals surface area (Å²) in [5, 5.41) is 9.18. The molecule has 22 heavy (non-hydrogen) atoms. The second-order valence-corrected chi connectivity index (χ2v) is 6.53. The van der Waals surface area contributed by atoms with E-state index in [1.54, 1.807) is 18.2 Å². The molecule has 3 N–H and O–H groups in total. The van der Waals surface area contributed by atoms with Crippen LogP contribution in [0.3, 0.4) is 0 Å². The number of halogens is 1. The van der Waals surface area contributed by atoms with Crippen LogP contribution >= 0.6 is 0 Å². The van der Waals surface area contributed by atoms with Gasteiger partial charge in [-0.1, -0.05) is 12.1 Å². The van der Waals surface area contributed by atoms with Crippen molar-refractivity contribution in [3.05, 3.63) is 40.6 Å². The first kappa shape index (κ1) is 17.2. The van der Waals surface area contributed by atoms with E-state index >= 15 is 0 Å². The average molecular weight is 307 g/mol. The zero-order chi connectivity index (χ0) is 16.5. The number of aliphatic hydroxyl groups is 1. The molecule has 6 heteroatoms. The summed E-state index contributed by atoms with van der Waals surface area (Å²) < 4.78 is 25.8. The molecule has 1 fully saturated rings. The van der Waals surface area contributed by atoms with E-state index in [-0.39, 0.29) is 19.0 Å². The van der Waals surface area contributed by atoms with Crippen molar-refractivity contribution in [1.82, 2.24) is 0 Å². The first-order valence-corrected chi connectivity index (χ1v) is 7.35. The van der Waals surface area contributed by atoms with E-state index in [1.165, 1.54) is 6.07 Å². The first-order valence-electron chi connectivity index (χ1n) is 7.35. The minimum atomic E-state index is -0.604. The smallest absolute Gasteiger partial charge is 0.400 e. The zero-order valence-electron chi connectivity index (χ0n) is 13.5. The number of nitrogens with two attached hydrogens (primary N) is 1. The van der Waals surface area contributed by atoms with Gasteiger partial charge in [0.25, 0.3) is 0 Å². The van der Waals surface area contributed by atoms with Crippen LogP contribution < -0.4 is 5.73 Å². The molecule has 1 saturated heterocycles. The van der Waals surface area contributed by atoms with Crippen LogP contribution in [0.25, 0.3) is 6.08 Å². The van der Waals surface area contributed by atoms with Crippen LogP contribution in [0.2, 0.25) is 0 Å². The lowest BCUT2D eigenvalue weighted by Crippen LogP contribution is -2.41. The predicted molar refractivity (Wildman–Crippen MR) is 85.4 cm³/mol. The summed E-state index contributed by atoms with van der Waals surface area (Å²) in [5.74, 6) is -0.375. The SMILES string of the molecule is CC1(C)OB(C(=Cc2cc(CO)ccc2F)CN)OC1(C)C. The van der Waals surface area contributed by atoms with Crippen molar-refractivity contribution in [3.63, 3.8) is 0 Å². The fourth-order valence-electron chi connectivity index (χ4n) is 2.22. The van der Waals surface area contributed by atoms with E-state index in [0.717, 1.165) is 0 Å². The second kappa shape index (κ2) is 6.12. The maximum Gasteiger partial charge on any atom is 0.491 e. The van der Waals surface area contributed by atoms with E-state index in [9.17, 15) is 9.50 Å². The molecule has 0 amide bonds. The molecular formula is C16H23BFNO3. The molecule has 0 aromatic heterocycles. The van der Waals surface area contributed by atoms with Crippen LogP contribution in [0.4, 0.5) is 4.39 Å². The standard InChI is InChI=1S/C16H23BFNO3/c1-15(2)16(3,4)22-17(21-15)13(9-19)8-12-7-11(10-20)5-6-14(12)18/h5-8,20H,9-10,19H2,1-4H3. The van der Waals surface area contributed by atoms with Crippen LogP contribution in [-0.2, 0) is 15.9 Å². The van der Waals surface area contributed by atoms with Crippen molar-refractivity contribution in [2.45, 2.75) is 45.5 Å². The molecule has 120 valence electrons. The van der Waals surface area contributed by atoms with E-state index in [2.05, 4.69) is 0 Å². The van der Waals surface area contributed by atoms with Gasteiger partial charge in [-0.15, -0.1) is 0 Å². The van der Waals surface area contributed by atoms with Crippen molar-refractivity contribution in [1.29, 1.82) is 0 Å². The molecule has 1 aliphatic heterocycles. The highest BCUT2D eigenvalue weighted by Gasteiger charge is 2.52. The van der Waals surface area contributed by atoms with Crippen molar-refractivity contribution < 1.29 is 18.8 Å². The topological polar surface area (TPSA) is 64.7 Å². The molecule has 1 aromatic carbocycles. The summed E-state index contributed by atoms with van der Waals surface area (Å²) in [6.45, 7) is 7.86. The number of benzene rings is 1. The molecule has 1 heterocycles. The Balaban J connectivity index is 2.33. The molecule has 0 bridgehead atoms. The van der Waals surface area contributed by atoms with Gasteiger partial charge in [0.15, 0.2) is 0 Å². The maximum atomic E-state index is 13.9. The molecule has 0 saturated carbocycles. The van der Waals surface area contributed by atoms with Crippen molar-refractivity contribution >= 4 is 13.2 Å². The Morgan fingerprint density at radius 3 is 2.36 bits per heavy atom. The molecule has 1 aliphatic rings. The molecule has 4 nitrogen and oxygen atoms in total. The summed E-state index contributed by atoms with van der Waals surface area (Å²) >= 11 is 0. The molecule has 0 radical (unpaired) electrons. The molecular weight excluding hydrogens is 284 g/mol. The van der Waals surface area contributed by atoms with Crippen molar-refractivity contribution in [2.24, 2.45) is 5.73 Å². The van der Waals surface area contributed by atoms with Crippen LogP contribution in [0.15, 0.2) is 23.7 Å². The third-order valence-corrected chi connectivity index (χ3v) is 4.38. The van der Waals surface area contributed by atoms with Crippen LogP contribution in [0.5, 0.6) is 0 Å². The Labute approximate surface area is 131 Å². The van der Waals surface area contributed by atoms with E-state index in [0.29, 0.717) is 16.6 Å². The lowest BCUT2D eigenvalue weighted by atomic mass is 9.77.